The van der Waals surface area contributed by atoms with Gasteiger partial charge in [0.05, 0.1) is 25.2 Å². The van der Waals surface area contributed by atoms with Crippen molar-refractivity contribution >= 4 is 21.7 Å². The van der Waals surface area contributed by atoms with E-state index in [4.69, 9.17) is 4.74 Å². The molecule has 0 aliphatic heterocycles. The molecule has 1 unspecified atom stereocenters. The van der Waals surface area contributed by atoms with E-state index in [2.05, 4.69) is 0 Å². The first-order chi connectivity index (χ1) is 8.91. The van der Waals surface area contributed by atoms with Gasteiger partial charge >= 0.3 is 5.97 Å². The molecular weight excluding hydrogens is 270 g/mol. The van der Waals surface area contributed by atoms with Gasteiger partial charge in [0.15, 0.2) is 6.04 Å². The predicted molar refractivity (Wildman–Crippen MR) is 71.3 cm³/mol. The molecule has 0 bridgehead atoms. The van der Waals surface area contributed by atoms with Crippen LogP contribution in [-0.2, 0) is 19.6 Å². The van der Waals surface area contributed by atoms with Gasteiger partial charge in [-0.1, -0.05) is 18.2 Å². The lowest BCUT2D eigenvalue weighted by molar-refractivity contribution is -0.145. The summed E-state index contributed by atoms with van der Waals surface area (Å²) in [5, 5.41) is 9.31. The Morgan fingerprint density at radius 1 is 1.37 bits per heavy atom. The second kappa shape index (κ2) is 6.53. The van der Waals surface area contributed by atoms with Crippen LogP contribution >= 0.6 is 0 Å². The van der Waals surface area contributed by atoms with Crippen molar-refractivity contribution in [3.8, 4) is 0 Å². The maximum absolute atomic E-state index is 11.8. The number of ether oxygens (including phenoxy) is 1. The van der Waals surface area contributed by atoms with Crippen molar-refractivity contribution in [2.75, 3.05) is 23.8 Å². The third-order valence-corrected chi connectivity index (χ3v) is 3.56. The number of para-hydroxylation sites is 1. The molecule has 1 atom stereocenters. The fourth-order valence-corrected chi connectivity index (χ4v) is 2.78. The number of carbonyl (C=O) groups excluding carboxylic acids is 1. The highest BCUT2D eigenvalue weighted by atomic mass is 32.2. The summed E-state index contributed by atoms with van der Waals surface area (Å²) in [6, 6.07) is 6.83. The van der Waals surface area contributed by atoms with Gasteiger partial charge in [0, 0.05) is 0 Å². The molecule has 0 aromatic heterocycles. The van der Waals surface area contributed by atoms with Crippen LogP contribution in [0.25, 0.3) is 0 Å². The molecule has 0 fully saturated rings. The molecule has 0 saturated carbocycles. The first-order valence-corrected chi connectivity index (χ1v) is 7.58. The summed E-state index contributed by atoms with van der Waals surface area (Å²) in [5.41, 5.74) is 0.303. The lowest BCUT2D eigenvalue weighted by atomic mass is 10.2. The highest BCUT2D eigenvalue weighted by Gasteiger charge is 2.33. The molecule has 7 heteroatoms. The SMILES string of the molecule is CCOC(=O)C(CO)N(c1ccccc1)S(C)(=O)=O. The van der Waals surface area contributed by atoms with E-state index in [1.807, 2.05) is 0 Å². The summed E-state index contributed by atoms with van der Waals surface area (Å²) in [6.07, 6.45) is 0.974. The van der Waals surface area contributed by atoms with Crippen LogP contribution in [0.2, 0.25) is 0 Å². The second-order valence-corrected chi connectivity index (χ2v) is 5.70. The largest absolute Gasteiger partial charge is 0.464 e. The van der Waals surface area contributed by atoms with Crippen molar-refractivity contribution in [3.63, 3.8) is 0 Å². The number of sulfonamides is 1. The third-order valence-electron chi connectivity index (χ3n) is 2.38. The molecule has 0 heterocycles. The zero-order chi connectivity index (χ0) is 14.5. The molecule has 0 radical (unpaired) electrons. The van der Waals surface area contributed by atoms with Gasteiger partial charge in [0.1, 0.15) is 0 Å². The van der Waals surface area contributed by atoms with Crippen molar-refractivity contribution in [1.29, 1.82) is 0 Å². The standard InChI is InChI=1S/C12H17NO5S/c1-3-18-12(15)11(9-14)13(19(2,16)17)10-7-5-4-6-8-10/h4-8,11,14H,3,9H2,1-2H3. The van der Waals surface area contributed by atoms with Crippen LogP contribution < -0.4 is 4.31 Å². The van der Waals surface area contributed by atoms with Crippen molar-refractivity contribution < 1.29 is 23.1 Å². The molecule has 0 spiro atoms. The van der Waals surface area contributed by atoms with Crippen molar-refractivity contribution in [1.82, 2.24) is 0 Å². The smallest absolute Gasteiger partial charge is 0.332 e. The van der Waals surface area contributed by atoms with Gasteiger partial charge in [-0.25, -0.2) is 13.2 Å². The normalized spacial score (nSPS) is 12.8. The van der Waals surface area contributed by atoms with Gasteiger partial charge < -0.3 is 9.84 Å². The minimum Gasteiger partial charge on any atom is -0.464 e. The zero-order valence-electron chi connectivity index (χ0n) is 10.8. The van der Waals surface area contributed by atoms with Crippen LogP contribution in [0.4, 0.5) is 5.69 Å². The summed E-state index contributed by atoms with van der Waals surface area (Å²) in [7, 11) is -3.72. The van der Waals surface area contributed by atoms with E-state index in [-0.39, 0.29) is 6.61 Å². The highest BCUT2D eigenvalue weighted by molar-refractivity contribution is 7.92. The molecule has 1 aromatic carbocycles. The second-order valence-electron chi connectivity index (χ2n) is 3.84. The molecule has 6 nitrogen and oxygen atoms in total. The number of hydrogen-bond acceptors (Lipinski definition) is 5. The Kier molecular flexibility index (Phi) is 5.31. The number of nitrogens with zero attached hydrogens (tertiary/aromatic N) is 1. The minimum absolute atomic E-state index is 0.113. The fourth-order valence-electron chi connectivity index (χ4n) is 1.66. The molecule has 1 N–H and O–H groups in total. The number of anilines is 1. The van der Waals surface area contributed by atoms with Crippen LogP contribution in [0, 0.1) is 0 Å². The maximum atomic E-state index is 11.8. The first-order valence-electron chi connectivity index (χ1n) is 5.73. The molecule has 0 amide bonds. The van der Waals surface area contributed by atoms with E-state index >= 15 is 0 Å². The van der Waals surface area contributed by atoms with E-state index in [0.717, 1.165) is 10.6 Å². The Morgan fingerprint density at radius 2 is 1.95 bits per heavy atom. The molecule has 0 aliphatic rings. The molecule has 1 aromatic rings. The number of esters is 1. The van der Waals surface area contributed by atoms with Crippen LogP contribution in [0.5, 0.6) is 0 Å². The van der Waals surface area contributed by atoms with Crippen LogP contribution in [0.15, 0.2) is 30.3 Å². The number of carbonyl (C=O) groups is 1. The van der Waals surface area contributed by atoms with Gasteiger partial charge in [0.2, 0.25) is 10.0 Å². The summed E-state index contributed by atoms with van der Waals surface area (Å²) in [6.45, 7) is 1.07. The van der Waals surface area contributed by atoms with Crippen LogP contribution in [0.1, 0.15) is 6.92 Å². The summed E-state index contributed by atoms with van der Waals surface area (Å²) < 4.78 is 29.3. The summed E-state index contributed by atoms with van der Waals surface area (Å²) >= 11 is 0. The van der Waals surface area contributed by atoms with Gasteiger partial charge in [-0.2, -0.15) is 0 Å². The van der Waals surface area contributed by atoms with E-state index in [1.165, 1.54) is 0 Å². The lowest BCUT2D eigenvalue weighted by Gasteiger charge is -2.28. The number of benzene rings is 1. The molecular formula is C12H17NO5S. The Bertz CT molecular complexity index is 514. The monoisotopic (exact) mass is 287 g/mol. The quantitative estimate of drug-likeness (QED) is 0.765. The van der Waals surface area contributed by atoms with E-state index in [0.29, 0.717) is 5.69 Å². The van der Waals surface area contributed by atoms with E-state index < -0.39 is 28.6 Å². The zero-order valence-corrected chi connectivity index (χ0v) is 11.6. The Hall–Kier alpha value is -1.60. The molecule has 106 valence electrons. The van der Waals surface area contributed by atoms with Gasteiger partial charge in [-0.3, -0.25) is 4.31 Å². The number of hydrogen-bond donors (Lipinski definition) is 1. The molecule has 0 saturated heterocycles. The topological polar surface area (TPSA) is 83.9 Å². The number of aliphatic hydroxyl groups excluding tert-OH is 1. The number of aliphatic hydroxyl groups is 1. The fraction of sp³-hybridized carbons (Fsp3) is 0.417. The predicted octanol–water partition coefficient (Wildman–Crippen LogP) is 0.377. The van der Waals surface area contributed by atoms with Gasteiger partial charge in [0.25, 0.3) is 0 Å². The minimum atomic E-state index is -3.72. The first kappa shape index (κ1) is 15.5. The molecule has 19 heavy (non-hydrogen) atoms. The van der Waals surface area contributed by atoms with Crippen molar-refractivity contribution in [3.05, 3.63) is 30.3 Å². The lowest BCUT2D eigenvalue weighted by Crippen LogP contribution is -2.48. The van der Waals surface area contributed by atoms with E-state index in [9.17, 15) is 18.3 Å². The average Bonchev–Trinajstić information content (AvgIpc) is 2.35. The summed E-state index contributed by atoms with van der Waals surface area (Å²) in [5.74, 6) is -0.778. The van der Waals surface area contributed by atoms with Crippen molar-refractivity contribution in [2.45, 2.75) is 13.0 Å². The average molecular weight is 287 g/mol. The number of rotatable bonds is 6. The third kappa shape index (κ3) is 3.93. The molecule has 0 aliphatic carbocycles. The van der Waals surface area contributed by atoms with Gasteiger partial charge in [-0.05, 0) is 19.1 Å². The highest BCUT2D eigenvalue weighted by Crippen LogP contribution is 2.20. The van der Waals surface area contributed by atoms with Crippen molar-refractivity contribution in [2.24, 2.45) is 0 Å². The Morgan fingerprint density at radius 3 is 2.37 bits per heavy atom. The summed E-state index contributed by atoms with van der Waals surface area (Å²) in [4.78, 5) is 11.7. The van der Waals surface area contributed by atoms with Crippen LogP contribution in [0.3, 0.4) is 0 Å². The van der Waals surface area contributed by atoms with Crippen LogP contribution in [-0.4, -0.2) is 45.0 Å². The maximum Gasteiger partial charge on any atom is 0.332 e. The Balaban J connectivity index is 3.21. The van der Waals surface area contributed by atoms with E-state index in [1.54, 1.807) is 37.3 Å². The Labute approximate surface area is 112 Å². The van der Waals surface area contributed by atoms with Gasteiger partial charge in [-0.15, -0.1) is 0 Å². The molecule has 1 rings (SSSR count).